The lowest BCUT2D eigenvalue weighted by Gasteiger charge is -2.26. The minimum Gasteiger partial charge on any atom is -0.507 e. The summed E-state index contributed by atoms with van der Waals surface area (Å²) in [6.45, 7) is 8.12. The molecule has 1 aromatic rings. The Bertz CT molecular complexity index is 739. The van der Waals surface area contributed by atoms with Gasteiger partial charge in [-0.3, -0.25) is 0 Å². The quantitative estimate of drug-likeness (QED) is 0.411. The zero-order valence-corrected chi connectivity index (χ0v) is 18.6. The predicted octanol–water partition coefficient (Wildman–Crippen LogP) is 6.02. The Morgan fingerprint density at radius 3 is 2.66 bits per heavy atom. The molecule has 0 heterocycles. The summed E-state index contributed by atoms with van der Waals surface area (Å²) < 4.78 is 5.29. The van der Waals surface area contributed by atoms with Crippen LogP contribution in [-0.2, 0) is 17.7 Å². The van der Waals surface area contributed by atoms with Gasteiger partial charge in [-0.15, -0.1) is 0 Å². The number of hydrogen-bond donors (Lipinski definition) is 2. The highest BCUT2D eigenvalue weighted by molar-refractivity contribution is 5.68. The van der Waals surface area contributed by atoms with Gasteiger partial charge in [-0.05, 0) is 64.5 Å². The summed E-state index contributed by atoms with van der Waals surface area (Å²) in [6, 6.07) is 1.79. The number of hydrogen-bond acceptors (Lipinski definition) is 4. The number of phenols is 2. The average Bonchev–Trinajstić information content (AvgIpc) is 2.64. The Balaban J connectivity index is 2.41. The molecule has 1 atom stereocenters. The van der Waals surface area contributed by atoms with Gasteiger partial charge >= 0.3 is 6.09 Å². The van der Waals surface area contributed by atoms with Crippen molar-refractivity contribution in [2.45, 2.75) is 91.2 Å². The van der Waals surface area contributed by atoms with Crippen LogP contribution in [0.3, 0.4) is 0 Å². The first-order valence-corrected chi connectivity index (χ1v) is 10.9. The monoisotopic (exact) mass is 403 g/mol. The topological polar surface area (TPSA) is 70.0 Å². The Hall–Kier alpha value is -2.17. The van der Waals surface area contributed by atoms with Gasteiger partial charge in [-0.1, -0.05) is 31.4 Å². The molecule has 0 spiro atoms. The fourth-order valence-corrected chi connectivity index (χ4v) is 4.03. The van der Waals surface area contributed by atoms with Crippen LogP contribution in [0.4, 0.5) is 4.79 Å². The molecule has 0 aromatic heterocycles. The third-order valence-corrected chi connectivity index (χ3v) is 5.55. The molecule has 1 amide bonds. The highest BCUT2D eigenvalue weighted by Gasteiger charge is 2.26. The molecule has 0 saturated heterocycles. The lowest BCUT2D eigenvalue weighted by atomic mass is 9.83. The van der Waals surface area contributed by atoms with Crippen molar-refractivity contribution in [1.29, 1.82) is 0 Å². The van der Waals surface area contributed by atoms with Gasteiger partial charge in [0.15, 0.2) is 0 Å². The highest BCUT2D eigenvalue weighted by Crippen LogP contribution is 2.44. The molecule has 2 rings (SSSR count). The van der Waals surface area contributed by atoms with E-state index in [2.05, 4.69) is 19.9 Å². The van der Waals surface area contributed by atoms with E-state index in [1.54, 1.807) is 13.1 Å². The summed E-state index contributed by atoms with van der Waals surface area (Å²) in [5.74, 6) is 0.276. The summed E-state index contributed by atoms with van der Waals surface area (Å²) >= 11 is 0. The van der Waals surface area contributed by atoms with Gasteiger partial charge in [-0.2, -0.15) is 0 Å². The number of allylic oxidation sites excluding steroid dienone is 2. The fourth-order valence-electron chi connectivity index (χ4n) is 4.03. The maximum Gasteiger partial charge on any atom is 0.410 e. The molecule has 5 heteroatoms. The first-order chi connectivity index (χ1) is 13.7. The second kappa shape index (κ2) is 10.6. The number of carbonyl (C=O) groups excluding carboxylic acids is 1. The van der Waals surface area contributed by atoms with E-state index in [4.69, 9.17) is 4.74 Å². The number of phenolic OH excluding ortho intramolecular Hbond substituents is 2. The second-order valence-electron chi connectivity index (χ2n) is 8.55. The van der Waals surface area contributed by atoms with Crippen molar-refractivity contribution in [3.8, 4) is 11.5 Å². The van der Waals surface area contributed by atoms with E-state index in [1.807, 2.05) is 13.8 Å². The van der Waals surface area contributed by atoms with E-state index in [9.17, 15) is 15.0 Å². The van der Waals surface area contributed by atoms with Crippen LogP contribution < -0.4 is 0 Å². The van der Waals surface area contributed by atoms with Gasteiger partial charge < -0.3 is 19.8 Å². The highest BCUT2D eigenvalue weighted by atomic mass is 16.6. The second-order valence-corrected chi connectivity index (χ2v) is 8.55. The third kappa shape index (κ3) is 6.15. The number of aromatic hydroxyl groups is 2. The summed E-state index contributed by atoms with van der Waals surface area (Å²) in [4.78, 5) is 13.8. The van der Waals surface area contributed by atoms with Crippen LogP contribution in [-0.4, -0.2) is 34.4 Å². The first-order valence-electron chi connectivity index (χ1n) is 10.9. The molecule has 2 N–H and O–H groups in total. The standard InChI is InChI=1S/C24H37NO4/c1-6-7-8-11-18-14-21(26)22(19-12-9-10-17(4)13-19)23(27)20(18)15-25(5)24(28)29-16(2)3/h13-14,16,19,26-27H,6-12,15H2,1-5H3. The molecular formula is C24H37NO4. The van der Waals surface area contributed by atoms with E-state index >= 15 is 0 Å². The van der Waals surface area contributed by atoms with Crippen LogP contribution in [0.5, 0.6) is 11.5 Å². The van der Waals surface area contributed by atoms with Gasteiger partial charge in [-0.25, -0.2) is 4.79 Å². The SMILES string of the molecule is CCCCCc1cc(O)c(C2C=C(C)CCC2)c(O)c1CN(C)C(=O)OC(C)C. The lowest BCUT2D eigenvalue weighted by molar-refractivity contribution is 0.0820. The van der Waals surface area contributed by atoms with Gasteiger partial charge in [0.25, 0.3) is 0 Å². The van der Waals surface area contributed by atoms with E-state index in [-0.39, 0.29) is 30.1 Å². The normalized spacial score (nSPS) is 16.6. The number of aryl methyl sites for hydroxylation is 1. The Morgan fingerprint density at radius 1 is 1.31 bits per heavy atom. The predicted molar refractivity (Wildman–Crippen MR) is 116 cm³/mol. The first kappa shape index (κ1) is 23.1. The Labute approximate surface area is 175 Å². The molecule has 1 aliphatic carbocycles. The van der Waals surface area contributed by atoms with Crippen LogP contribution >= 0.6 is 0 Å². The van der Waals surface area contributed by atoms with Gasteiger partial charge in [0, 0.05) is 24.1 Å². The summed E-state index contributed by atoms with van der Waals surface area (Å²) in [7, 11) is 1.68. The zero-order valence-electron chi connectivity index (χ0n) is 18.6. The van der Waals surface area contributed by atoms with Gasteiger partial charge in [0.1, 0.15) is 11.5 Å². The van der Waals surface area contributed by atoms with Crippen molar-refractivity contribution in [3.63, 3.8) is 0 Å². The van der Waals surface area contributed by atoms with E-state index in [0.717, 1.165) is 50.5 Å². The number of unbranched alkanes of at least 4 members (excludes halogenated alkanes) is 2. The number of rotatable bonds is 8. The van der Waals surface area contributed by atoms with Crippen LogP contribution in [0.1, 0.15) is 88.8 Å². The van der Waals surface area contributed by atoms with E-state index in [1.165, 1.54) is 10.5 Å². The number of benzene rings is 1. The zero-order chi connectivity index (χ0) is 21.6. The smallest absolute Gasteiger partial charge is 0.410 e. The molecule has 0 fully saturated rings. The molecule has 0 bridgehead atoms. The minimum absolute atomic E-state index is 0.000105. The van der Waals surface area contributed by atoms with Crippen LogP contribution in [0.25, 0.3) is 0 Å². The van der Waals surface area contributed by atoms with Crippen LogP contribution in [0, 0.1) is 0 Å². The average molecular weight is 404 g/mol. The molecule has 0 saturated carbocycles. The number of carbonyl (C=O) groups is 1. The van der Waals surface area contributed by atoms with Crippen molar-refractivity contribution in [2.75, 3.05) is 7.05 Å². The third-order valence-electron chi connectivity index (χ3n) is 5.55. The largest absolute Gasteiger partial charge is 0.507 e. The number of nitrogens with zero attached hydrogens (tertiary/aromatic N) is 1. The fraction of sp³-hybridized carbons (Fsp3) is 0.625. The minimum atomic E-state index is -0.415. The van der Waals surface area contributed by atoms with Gasteiger partial charge in [0.05, 0.1) is 12.6 Å². The lowest BCUT2D eigenvalue weighted by Crippen LogP contribution is -2.29. The molecular weight excluding hydrogens is 366 g/mol. The van der Waals surface area contributed by atoms with Gasteiger partial charge in [0.2, 0.25) is 0 Å². The van der Waals surface area contributed by atoms with Crippen molar-refractivity contribution >= 4 is 6.09 Å². The van der Waals surface area contributed by atoms with E-state index in [0.29, 0.717) is 11.1 Å². The molecule has 1 unspecified atom stereocenters. The summed E-state index contributed by atoms with van der Waals surface area (Å²) in [5.41, 5.74) is 3.49. The summed E-state index contributed by atoms with van der Waals surface area (Å²) in [5, 5.41) is 21.9. The van der Waals surface area contributed by atoms with Crippen LogP contribution in [0.2, 0.25) is 0 Å². The number of ether oxygens (including phenoxy) is 1. The number of amides is 1. The maximum absolute atomic E-state index is 12.3. The molecule has 0 aliphatic heterocycles. The molecule has 1 aromatic carbocycles. The molecule has 1 aliphatic rings. The van der Waals surface area contributed by atoms with Crippen LogP contribution in [0.15, 0.2) is 17.7 Å². The molecule has 162 valence electrons. The van der Waals surface area contributed by atoms with E-state index < -0.39 is 6.09 Å². The summed E-state index contributed by atoms with van der Waals surface area (Å²) in [6.07, 6.45) is 8.45. The van der Waals surface area contributed by atoms with Crippen molar-refractivity contribution in [2.24, 2.45) is 0 Å². The van der Waals surface area contributed by atoms with Crippen molar-refractivity contribution in [1.82, 2.24) is 4.90 Å². The van der Waals surface area contributed by atoms with Crippen molar-refractivity contribution in [3.05, 3.63) is 34.4 Å². The Kier molecular flexibility index (Phi) is 8.42. The molecule has 29 heavy (non-hydrogen) atoms. The molecule has 5 nitrogen and oxygen atoms in total. The molecule has 0 radical (unpaired) electrons. The van der Waals surface area contributed by atoms with Crippen molar-refractivity contribution < 1.29 is 19.7 Å². The Morgan fingerprint density at radius 2 is 2.03 bits per heavy atom. The maximum atomic E-state index is 12.3.